The smallest absolute Gasteiger partial charge is 0.244 e. The van der Waals surface area contributed by atoms with Crippen LogP contribution in [-0.4, -0.2) is 131 Å². The van der Waals surface area contributed by atoms with Crippen molar-refractivity contribution in [2.75, 3.05) is 19.6 Å². The zero-order chi connectivity index (χ0) is 98.0. The van der Waals surface area contributed by atoms with Crippen LogP contribution >= 0.6 is 58.0 Å². The second-order valence-corrected chi connectivity index (χ2v) is 49.6. The molecule has 138 heavy (non-hydrogen) atoms. The van der Waals surface area contributed by atoms with Gasteiger partial charge in [-0.25, -0.2) is 50.5 Å². The molecule has 6 saturated heterocycles. The number of nitrogens with zero attached hydrogens (tertiary/aromatic N) is 6. The number of sulfonamides is 6. The average Bonchev–Trinajstić information content (AvgIpc) is 0.725. The van der Waals surface area contributed by atoms with Gasteiger partial charge in [0.2, 0.25) is 60.1 Å². The third-order valence-corrected chi connectivity index (χ3v) is 40.4. The van der Waals surface area contributed by atoms with Crippen molar-refractivity contribution in [3.8, 4) is 0 Å². The van der Waals surface area contributed by atoms with E-state index in [4.69, 9.17) is 58.0 Å². The number of halogens is 5. The first-order chi connectivity index (χ1) is 65.7. The van der Waals surface area contributed by atoms with E-state index in [1.54, 1.807) is 225 Å². The molecule has 6 fully saturated rings. The minimum Gasteiger partial charge on any atom is -0.299 e. The highest BCUT2D eigenvalue weighted by molar-refractivity contribution is 7.90. The summed E-state index contributed by atoms with van der Waals surface area (Å²) in [6.45, 7) is 10.7. The summed E-state index contributed by atoms with van der Waals surface area (Å²) < 4.78 is 182. The third kappa shape index (κ3) is 20.0. The number of fused-ring (bicyclic) bond motifs is 4. The van der Waals surface area contributed by atoms with Crippen LogP contribution in [0.2, 0.25) is 25.1 Å². The summed E-state index contributed by atoms with van der Waals surface area (Å²) in [7, 11) is -24.7. The van der Waals surface area contributed by atoms with Crippen molar-refractivity contribution in [2.24, 2.45) is 17.8 Å². The summed E-state index contributed by atoms with van der Waals surface area (Å²) in [6, 6.07) is 80.7. The van der Waals surface area contributed by atoms with Crippen molar-refractivity contribution < 1.29 is 64.9 Å². The number of piperidine rings is 6. The fourth-order valence-corrected chi connectivity index (χ4v) is 31.6. The Morgan fingerprint density at radius 2 is 0.493 bits per heavy atom. The molecule has 714 valence electrons. The molecule has 19 rings (SSSR count). The number of ketones is 3. The maximum Gasteiger partial charge on any atom is 0.244 e. The molecule has 0 aliphatic carbocycles. The molecule has 32 heteroatoms. The summed E-state index contributed by atoms with van der Waals surface area (Å²) in [5.41, 5.74) is 9.30. The molecule has 0 saturated carbocycles. The largest absolute Gasteiger partial charge is 0.299 e. The molecule has 12 atom stereocenters. The van der Waals surface area contributed by atoms with Crippen molar-refractivity contribution in [3.05, 3.63) is 401 Å². The Morgan fingerprint density at radius 1 is 0.246 bits per heavy atom. The summed E-state index contributed by atoms with van der Waals surface area (Å²) in [4.78, 5) is 43.0. The number of aryl methyl sites for hydroxylation is 6. The molecule has 0 aromatic heterocycles. The number of benzene rings is 13. The molecule has 13 aromatic carbocycles. The molecule has 6 heterocycles. The van der Waals surface area contributed by atoms with Crippen LogP contribution in [0.25, 0.3) is 10.8 Å². The van der Waals surface area contributed by atoms with E-state index in [-0.39, 0.29) is 105 Å². The summed E-state index contributed by atoms with van der Waals surface area (Å²) in [5, 5.41) is 4.16. The van der Waals surface area contributed by atoms with E-state index in [0.717, 1.165) is 44.2 Å². The second kappa shape index (κ2) is 40.2. The average molecular weight is 2070 g/mol. The summed E-state index contributed by atoms with van der Waals surface area (Å²) in [5.74, 6) is -3.15. The van der Waals surface area contributed by atoms with Crippen molar-refractivity contribution in [1.29, 1.82) is 0 Å². The fraction of sp³-hybridized carbons (Fsp3) is 0.255. The highest BCUT2D eigenvalue weighted by Crippen LogP contribution is 2.54. The van der Waals surface area contributed by atoms with Crippen molar-refractivity contribution in [2.45, 2.75) is 164 Å². The number of carbonyl (C=O) groups is 3. The number of hydrogen-bond donors (Lipinski definition) is 0. The SMILES string of the molecule is Cc1ccc(S(=O)(=O)N2C[C@H]3C(=O)C[C@@H](c4ccc(Cl)cc4)N(S(=O)(=O)c4ccccc4C)[C@H]3C[C@H]2c2ccc(Cl)cc2)cc1.Cc1ccc(S(=O)(=O)N2C[C@H]3C(=O)C[C@@H](c4cccc5ccccc45)N(S(=O)(=O)c4ccc(C)cc4)[C@H]3C[C@H]2c2ccc(Cl)cc2)cc1.Cc1ccc([C@@H]2CC(=O)[C@@H]3CN(S(=O)(=O)c4ccc(C)cc4)[C@H](c4ccc(Cl)cc4)C[C@@H]3N2S(=O)(=O)c2ccc(Cl)cc2)cc1. The van der Waals surface area contributed by atoms with E-state index in [0.29, 0.717) is 58.5 Å². The van der Waals surface area contributed by atoms with Gasteiger partial charge in [0, 0.05) is 99.9 Å². The van der Waals surface area contributed by atoms with Crippen LogP contribution in [0, 0.1) is 59.3 Å². The normalized spacial score (nSPS) is 22.8. The first kappa shape index (κ1) is 99.6. The molecule has 0 bridgehead atoms. The van der Waals surface area contributed by atoms with Gasteiger partial charge < -0.3 is 0 Å². The van der Waals surface area contributed by atoms with Crippen molar-refractivity contribution >= 4 is 146 Å². The minimum atomic E-state index is -4.17. The van der Waals surface area contributed by atoms with Crippen molar-refractivity contribution in [3.63, 3.8) is 0 Å². The standard InChI is InChI=1S/C38H35ClN2O5S2.2C34H32Cl2N2O5S2/c1-25-10-18-30(19-11-25)47(43,44)40-24-34-36(22-35(40)28-14-16-29(39)17-15-28)41(48(45,46)31-20-12-26(2)13-21-31)37(23-38(34)42)33-9-5-7-27-6-3-4-8-32(27)33;1-22-3-7-25(8-4-22)32-20-34(39)30-21-37(44(40,41)28-15-5-23(2)6-16-28)31(24-9-11-26(35)12-10-24)19-33(30)38(32)45(42,43)29-17-13-27(36)14-18-29;1-22-7-17-28(18-8-22)44(40,41)37-21-29-32(19-30(37)24-9-13-26(35)14-10-24)38(45(42,43)34-6-4-3-5-23(34)2)31(20-33(29)39)25-11-15-27(36)16-12-25/h3-21,34-37H,22-24H2,1-2H3;3-18,30-33H,19-21H2,1-2H3;3-18,29-32H,19-21H2,1-2H3/t34-,35+,36+,37+;30-,31+,32+,33+;29-,30+,31+,32+/m111/s1. The van der Waals surface area contributed by atoms with Crippen LogP contribution in [0.4, 0.5) is 0 Å². The van der Waals surface area contributed by atoms with Crippen LogP contribution in [0.3, 0.4) is 0 Å². The zero-order valence-corrected chi connectivity index (χ0v) is 84.6. The highest BCUT2D eigenvalue weighted by atomic mass is 35.5. The van der Waals surface area contributed by atoms with E-state index in [1.165, 1.54) is 50.1 Å². The Morgan fingerprint density at radius 3 is 0.826 bits per heavy atom. The summed E-state index contributed by atoms with van der Waals surface area (Å²) >= 11 is 30.9. The second-order valence-electron chi connectivity index (χ2n) is 36.2. The van der Waals surface area contributed by atoms with Gasteiger partial charge in [0.25, 0.3) is 0 Å². The van der Waals surface area contributed by atoms with Gasteiger partial charge in [-0.2, -0.15) is 25.8 Å². The Balaban J connectivity index is 0.000000143. The van der Waals surface area contributed by atoms with Gasteiger partial charge >= 0.3 is 0 Å². The van der Waals surface area contributed by atoms with Gasteiger partial charge in [0.15, 0.2) is 0 Å². The molecule has 6 aliphatic heterocycles. The lowest BCUT2D eigenvalue weighted by atomic mass is 9.77. The Bertz CT molecular complexity index is 7520. The van der Waals surface area contributed by atoms with Gasteiger partial charge in [-0.3, -0.25) is 14.4 Å². The predicted octanol–water partition coefficient (Wildman–Crippen LogP) is 21.9. The van der Waals surface area contributed by atoms with Crippen LogP contribution in [-0.2, 0) is 74.5 Å². The Kier molecular flexibility index (Phi) is 29.0. The highest BCUT2D eigenvalue weighted by Gasteiger charge is 2.59. The quantitative estimate of drug-likeness (QED) is 0.0772. The topological polar surface area (TPSA) is 275 Å². The van der Waals surface area contributed by atoms with Crippen LogP contribution in [0.1, 0.15) is 142 Å². The Hall–Kier alpha value is -9.96. The molecule has 0 amide bonds. The van der Waals surface area contributed by atoms with E-state index in [2.05, 4.69) is 0 Å². The number of carbonyl (C=O) groups excluding carboxylic acids is 3. The molecular formula is C106H99Cl5N6O15S6. The molecule has 0 N–H and O–H groups in total. The maximum absolute atomic E-state index is 14.9. The van der Waals surface area contributed by atoms with Crippen molar-refractivity contribution in [1.82, 2.24) is 25.8 Å². The van der Waals surface area contributed by atoms with Gasteiger partial charge in [-0.05, 0) is 238 Å². The maximum atomic E-state index is 14.9. The molecule has 21 nitrogen and oxygen atoms in total. The number of hydrogen-bond acceptors (Lipinski definition) is 15. The molecule has 0 unspecified atom stereocenters. The van der Waals surface area contributed by atoms with E-state index < -0.39 is 132 Å². The van der Waals surface area contributed by atoms with E-state index in [9.17, 15) is 64.9 Å². The number of Topliss-reactive ketones (excluding diaryl/α,β-unsaturated/α-hetero) is 3. The molecule has 0 radical (unpaired) electrons. The first-order valence-electron chi connectivity index (χ1n) is 45.1. The Labute approximate surface area is 832 Å². The van der Waals surface area contributed by atoms with Gasteiger partial charge in [0.1, 0.15) is 17.3 Å². The molecule has 13 aromatic rings. The summed E-state index contributed by atoms with van der Waals surface area (Å²) in [6.07, 6.45) is -0.0462. The lowest BCUT2D eigenvalue weighted by molar-refractivity contribution is -0.133. The zero-order valence-electron chi connectivity index (χ0n) is 75.9. The third-order valence-electron chi connectivity index (χ3n) is 27.5. The molecule has 0 spiro atoms. The first-order valence-corrected chi connectivity index (χ1v) is 55.6. The van der Waals surface area contributed by atoms with E-state index in [1.807, 2.05) is 101 Å². The predicted molar refractivity (Wildman–Crippen MR) is 538 cm³/mol. The fourth-order valence-electron chi connectivity index (χ4n) is 20.3. The van der Waals surface area contributed by atoms with Crippen LogP contribution in [0.5, 0.6) is 0 Å². The monoisotopic (exact) mass is 2060 g/mol. The van der Waals surface area contributed by atoms with Gasteiger partial charge in [0.05, 0.1) is 65.6 Å². The molecular weight excluding hydrogens is 1970 g/mol. The van der Waals surface area contributed by atoms with Crippen LogP contribution < -0.4 is 0 Å². The van der Waals surface area contributed by atoms with Crippen LogP contribution in [0.15, 0.2) is 339 Å². The lowest BCUT2D eigenvalue weighted by Gasteiger charge is -2.51. The number of rotatable bonds is 18. The molecule has 6 aliphatic rings. The van der Waals surface area contributed by atoms with Gasteiger partial charge in [-0.15, -0.1) is 0 Å². The lowest BCUT2D eigenvalue weighted by Crippen LogP contribution is -2.61. The van der Waals surface area contributed by atoms with E-state index >= 15 is 0 Å². The minimum absolute atomic E-state index is 0.0508. The van der Waals surface area contributed by atoms with Gasteiger partial charge in [-0.1, -0.05) is 268 Å².